The topological polar surface area (TPSA) is 32.3 Å². The lowest BCUT2D eigenvalue weighted by atomic mass is 9.92. The number of aliphatic hydroxyl groups excluding tert-OH is 1. The molecule has 1 rings (SSSR count). The standard InChI is InChI=1S/C12H21NO/c1-3-7-10(4-2)13-11-8-5-6-9-12(11)14/h2,10-14H,3,5-9H2,1H3/t10?,11-,12-/m1/s1. The molecule has 0 bridgehead atoms. The van der Waals surface area contributed by atoms with Gasteiger partial charge in [-0.25, -0.2) is 0 Å². The van der Waals surface area contributed by atoms with Gasteiger partial charge in [0.1, 0.15) is 0 Å². The third kappa shape index (κ3) is 3.32. The molecule has 0 amide bonds. The van der Waals surface area contributed by atoms with Crippen LogP contribution >= 0.6 is 0 Å². The maximum absolute atomic E-state index is 9.75. The van der Waals surface area contributed by atoms with Gasteiger partial charge in [-0.3, -0.25) is 5.32 Å². The maximum atomic E-state index is 9.75. The normalized spacial score (nSPS) is 29.5. The molecule has 0 radical (unpaired) electrons. The average molecular weight is 195 g/mol. The highest BCUT2D eigenvalue weighted by molar-refractivity contribution is 5.00. The first-order chi connectivity index (χ1) is 6.77. The Morgan fingerprint density at radius 3 is 2.79 bits per heavy atom. The zero-order valence-electron chi connectivity index (χ0n) is 9.00. The molecular weight excluding hydrogens is 174 g/mol. The summed E-state index contributed by atoms with van der Waals surface area (Å²) < 4.78 is 0. The van der Waals surface area contributed by atoms with Crippen LogP contribution in [-0.4, -0.2) is 23.3 Å². The summed E-state index contributed by atoms with van der Waals surface area (Å²) >= 11 is 0. The minimum absolute atomic E-state index is 0.137. The highest BCUT2D eigenvalue weighted by atomic mass is 16.3. The fourth-order valence-electron chi connectivity index (χ4n) is 2.07. The number of hydrogen-bond donors (Lipinski definition) is 2. The van der Waals surface area contributed by atoms with Crippen LogP contribution in [0.25, 0.3) is 0 Å². The van der Waals surface area contributed by atoms with E-state index in [0.29, 0.717) is 0 Å². The third-order valence-electron chi connectivity index (χ3n) is 2.92. The first-order valence-electron chi connectivity index (χ1n) is 5.68. The van der Waals surface area contributed by atoms with E-state index in [9.17, 15) is 5.11 Å². The zero-order chi connectivity index (χ0) is 10.4. The molecule has 0 heterocycles. The molecule has 1 saturated carbocycles. The van der Waals surface area contributed by atoms with Gasteiger partial charge in [0, 0.05) is 6.04 Å². The highest BCUT2D eigenvalue weighted by Gasteiger charge is 2.24. The lowest BCUT2D eigenvalue weighted by Crippen LogP contribution is -2.46. The van der Waals surface area contributed by atoms with E-state index in [1.54, 1.807) is 0 Å². The minimum atomic E-state index is -0.198. The molecule has 1 fully saturated rings. The van der Waals surface area contributed by atoms with Crippen LogP contribution < -0.4 is 5.32 Å². The molecule has 0 aliphatic heterocycles. The Morgan fingerprint density at radius 1 is 1.50 bits per heavy atom. The predicted octanol–water partition coefficient (Wildman–Crippen LogP) is 1.68. The molecule has 0 aromatic rings. The Bertz CT molecular complexity index is 197. The molecule has 2 heteroatoms. The van der Waals surface area contributed by atoms with Gasteiger partial charge in [-0.2, -0.15) is 0 Å². The van der Waals surface area contributed by atoms with Gasteiger partial charge < -0.3 is 5.11 Å². The lowest BCUT2D eigenvalue weighted by molar-refractivity contribution is 0.0876. The van der Waals surface area contributed by atoms with Crippen molar-refractivity contribution in [1.82, 2.24) is 5.32 Å². The molecule has 1 aliphatic carbocycles. The monoisotopic (exact) mass is 195 g/mol. The van der Waals surface area contributed by atoms with E-state index in [-0.39, 0.29) is 18.2 Å². The molecule has 0 saturated heterocycles. The van der Waals surface area contributed by atoms with Gasteiger partial charge in [-0.1, -0.05) is 32.1 Å². The van der Waals surface area contributed by atoms with Crippen LogP contribution in [0.15, 0.2) is 0 Å². The predicted molar refractivity (Wildman–Crippen MR) is 58.9 cm³/mol. The fourth-order valence-corrected chi connectivity index (χ4v) is 2.07. The number of terminal acetylenes is 1. The molecule has 0 aromatic heterocycles. The Labute approximate surface area is 87.1 Å². The summed E-state index contributed by atoms with van der Waals surface area (Å²) in [5.41, 5.74) is 0. The van der Waals surface area contributed by atoms with Crippen molar-refractivity contribution in [1.29, 1.82) is 0 Å². The van der Waals surface area contributed by atoms with Crippen molar-refractivity contribution in [3.8, 4) is 12.3 Å². The van der Waals surface area contributed by atoms with E-state index < -0.39 is 0 Å². The van der Waals surface area contributed by atoms with Crippen molar-refractivity contribution in [3.05, 3.63) is 0 Å². The third-order valence-corrected chi connectivity index (χ3v) is 2.92. The number of hydrogen-bond acceptors (Lipinski definition) is 2. The van der Waals surface area contributed by atoms with Crippen LogP contribution in [0.4, 0.5) is 0 Å². The van der Waals surface area contributed by atoms with Gasteiger partial charge in [0.05, 0.1) is 12.1 Å². The Kier molecular flexibility index (Phi) is 5.00. The summed E-state index contributed by atoms with van der Waals surface area (Å²) in [5.74, 6) is 2.75. The van der Waals surface area contributed by atoms with Crippen molar-refractivity contribution in [2.45, 2.75) is 63.6 Å². The minimum Gasteiger partial charge on any atom is -0.392 e. The van der Waals surface area contributed by atoms with E-state index in [0.717, 1.165) is 32.1 Å². The molecule has 0 spiro atoms. The van der Waals surface area contributed by atoms with Crippen molar-refractivity contribution in [2.24, 2.45) is 0 Å². The second kappa shape index (κ2) is 6.06. The second-order valence-corrected chi connectivity index (χ2v) is 4.13. The van der Waals surface area contributed by atoms with Crippen LogP contribution in [0.3, 0.4) is 0 Å². The molecule has 2 nitrogen and oxygen atoms in total. The van der Waals surface area contributed by atoms with Gasteiger partial charge in [-0.05, 0) is 19.3 Å². The van der Waals surface area contributed by atoms with Crippen LogP contribution in [-0.2, 0) is 0 Å². The largest absolute Gasteiger partial charge is 0.392 e. The van der Waals surface area contributed by atoms with Gasteiger partial charge >= 0.3 is 0 Å². The highest BCUT2D eigenvalue weighted by Crippen LogP contribution is 2.19. The van der Waals surface area contributed by atoms with Crippen molar-refractivity contribution in [2.75, 3.05) is 0 Å². The van der Waals surface area contributed by atoms with Gasteiger partial charge in [0.25, 0.3) is 0 Å². The first-order valence-corrected chi connectivity index (χ1v) is 5.68. The average Bonchev–Trinajstić information content (AvgIpc) is 2.20. The number of rotatable bonds is 4. The molecule has 1 aliphatic rings. The van der Waals surface area contributed by atoms with E-state index >= 15 is 0 Å². The Hall–Kier alpha value is -0.520. The van der Waals surface area contributed by atoms with Gasteiger partial charge in [0.2, 0.25) is 0 Å². The molecular formula is C12H21NO. The molecule has 14 heavy (non-hydrogen) atoms. The van der Waals surface area contributed by atoms with E-state index in [4.69, 9.17) is 6.42 Å². The van der Waals surface area contributed by atoms with Gasteiger partial charge in [-0.15, -0.1) is 6.42 Å². The van der Waals surface area contributed by atoms with Crippen molar-refractivity contribution < 1.29 is 5.11 Å². The Morgan fingerprint density at radius 2 is 2.21 bits per heavy atom. The molecule has 1 unspecified atom stereocenters. The summed E-state index contributed by atoms with van der Waals surface area (Å²) in [6.07, 6.45) is 11.6. The second-order valence-electron chi connectivity index (χ2n) is 4.13. The molecule has 2 N–H and O–H groups in total. The smallest absolute Gasteiger partial charge is 0.0693 e. The number of nitrogens with one attached hydrogen (secondary N) is 1. The van der Waals surface area contributed by atoms with E-state index in [1.165, 1.54) is 6.42 Å². The molecule has 3 atom stereocenters. The summed E-state index contributed by atoms with van der Waals surface area (Å²) in [7, 11) is 0. The quantitative estimate of drug-likeness (QED) is 0.669. The van der Waals surface area contributed by atoms with Crippen LogP contribution in [0.2, 0.25) is 0 Å². The summed E-state index contributed by atoms with van der Waals surface area (Å²) in [5, 5.41) is 13.1. The van der Waals surface area contributed by atoms with Gasteiger partial charge in [0.15, 0.2) is 0 Å². The van der Waals surface area contributed by atoms with Crippen LogP contribution in [0, 0.1) is 12.3 Å². The number of aliphatic hydroxyl groups is 1. The summed E-state index contributed by atoms with van der Waals surface area (Å²) in [6, 6.07) is 0.356. The Balaban J connectivity index is 2.36. The fraction of sp³-hybridized carbons (Fsp3) is 0.833. The van der Waals surface area contributed by atoms with Crippen LogP contribution in [0.5, 0.6) is 0 Å². The van der Waals surface area contributed by atoms with Crippen molar-refractivity contribution >= 4 is 0 Å². The van der Waals surface area contributed by atoms with Crippen molar-refractivity contribution in [3.63, 3.8) is 0 Å². The summed E-state index contributed by atoms with van der Waals surface area (Å²) in [4.78, 5) is 0. The first kappa shape index (κ1) is 11.6. The zero-order valence-corrected chi connectivity index (χ0v) is 9.00. The van der Waals surface area contributed by atoms with E-state index in [2.05, 4.69) is 18.2 Å². The SMILES string of the molecule is C#CC(CCC)N[C@@H]1CCCC[C@H]1O. The lowest BCUT2D eigenvalue weighted by Gasteiger charge is -2.30. The maximum Gasteiger partial charge on any atom is 0.0693 e. The molecule has 80 valence electrons. The van der Waals surface area contributed by atoms with E-state index in [1.807, 2.05) is 0 Å². The van der Waals surface area contributed by atoms with Crippen LogP contribution in [0.1, 0.15) is 45.4 Å². The molecule has 0 aromatic carbocycles. The summed E-state index contributed by atoms with van der Waals surface area (Å²) in [6.45, 7) is 2.13.